The average molecular weight is 389 g/mol. The highest BCUT2D eigenvalue weighted by Gasteiger charge is 2.25. The van der Waals surface area contributed by atoms with Crippen molar-refractivity contribution >= 4 is 11.6 Å². The number of aryl methyl sites for hydroxylation is 1. The molecule has 2 aromatic rings. The summed E-state index contributed by atoms with van der Waals surface area (Å²) in [6.07, 6.45) is 0.789. The quantitative estimate of drug-likeness (QED) is 0.579. The van der Waals surface area contributed by atoms with Gasteiger partial charge in [-0.25, -0.2) is 4.39 Å². The molecule has 1 aromatic heterocycles. The van der Waals surface area contributed by atoms with E-state index in [1.54, 1.807) is 30.9 Å². The van der Waals surface area contributed by atoms with Crippen LogP contribution in [0.25, 0.3) is 0 Å². The molecule has 0 N–H and O–H groups in total. The molecule has 1 aromatic carbocycles. The summed E-state index contributed by atoms with van der Waals surface area (Å²) in [6, 6.07) is 6.72. The molecule has 0 unspecified atom stereocenters. The van der Waals surface area contributed by atoms with E-state index in [1.165, 1.54) is 10.7 Å². The van der Waals surface area contributed by atoms with E-state index in [0.29, 0.717) is 43.1 Å². The number of carbonyl (C=O) groups is 1. The fourth-order valence-electron chi connectivity index (χ4n) is 3.58. The smallest absolute Gasteiger partial charge is 0.312 e. The van der Waals surface area contributed by atoms with E-state index >= 15 is 0 Å². The van der Waals surface area contributed by atoms with Gasteiger partial charge in [0.25, 0.3) is 0 Å². The van der Waals surface area contributed by atoms with Crippen molar-refractivity contribution in [2.75, 3.05) is 26.2 Å². The van der Waals surface area contributed by atoms with Crippen LogP contribution >= 0.6 is 0 Å². The second-order valence-electron chi connectivity index (χ2n) is 7.04. The third kappa shape index (κ3) is 4.36. The van der Waals surface area contributed by atoms with E-state index in [1.807, 2.05) is 6.07 Å². The first kappa shape index (κ1) is 19.9. The third-order valence-corrected chi connectivity index (χ3v) is 5.10. The van der Waals surface area contributed by atoms with Gasteiger partial charge in [-0.15, -0.1) is 0 Å². The Morgan fingerprint density at radius 1 is 1.21 bits per heavy atom. The van der Waals surface area contributed by atoms with Gasteiger partial charge in [0.2, 0.25) is 5.91 Å². The molecule has 1 amide bonds. The molecule has 3 rings (SSSR count). The van der Waals surface area contributed by atoms with Gasteiger partial charge in [-0.1, -0.05) is 18.2 Å². The molecule has 1 fully saturated rings. The van der Waals surface area contributed by atoms with Crippen LogP contribution in [0.1, 0.15) is 23.4 Å². The highest BCUT2D eigenvalue weighted by molar-refractivity contribution is 5.76. The zero-order valence-electron chi connectivity index (χ0n) is 16.1. The average Bonchev–Trinajstić information content (AvgIpc) is 2.81. The van der Waals surface area contributed by atoms with Gasteiger partial charge >= 0.3 is 5.69 Å². The topological polar surface area (TPSA) is 84.5 Å². The standard InChI is InChI=1S/C19H24FN5O3/c1-14-19(25(27)28)15(2)24(21-14)13-18(26)23-9-5-8-22(10-11-23)12-16-6-3-4-7-17(16)20/h3-4,6-7H,5,8-13H2,1-2H3. The van der Waals surface area contributed by atoms with Gasteiger partial charge in [0, 0.05) is 38.3 Å². The Bertz CT molecular complexity index is 882. The number of carbonyl (C=O) groups excluding carboxylic acids is 1. The van der Waals surface area contributed by atoms with Crippen molar-refractivity contribution in [1.29, 1.82) is 0 Å². The predicted octanol–water partition coefficient (Wildman–Crippen LogP) is 2.28. The summed E-state index contributed by atoms with van der Waals surface area (Å²) >= 11 is 0. The number of nitro groups is 1. The van der Waals surface area contributed by atoms with Gasteiger partial charge in [-0.2, -0.15) is 5.10 Å². The number of hydrogen-bond acceptors (Lipinski definition) is 5. The molecule has 0 spiro atoms. The monoisotopic (exact) mass is 389 g/mol. The predicted molar refractivity (Wildman–Crippen MR) is 101 cm³/mol. The van der Waals surface area contributed by atoms with Gasteiger partial charge in [0.1, 0.15) is 23.7 Å². The number of hydrogen-bond donors (Lipinski definition) is 0. The fourth-order valence-corrected chi connectivity index (χ4v) is 3.58. The second-order valence-corrected chi connectivity index (χ2v) is 7.04. The summed E-state index contributed by atoms with van der Waals surface area (Å²) in [7, 11) is 0. The normalized spacial score (nSPS) is 15.5. The Morgan fingerprint density at radius 2 is 1.96 bits per heavy atom. The molecule has 1 saturated heterocycles. The maximum Gasteiger partial charge on any atom is 0.312 e. The zero-order chi connectivity index (χ0) is 20.3. The van der Waals surface area contributed by atoms with Crippen LogP contribution in [0.4, 0.5) is 10.1 Å². The lowest BCUT2D eigenvalue weighted by molar-refractivity contribution is -0.386. The van der Waals surface area contributed by atoms with Crippen LogP contribution in [0.5, 0.6) is 0 Å². The Labute approximate surface area is 162 Å². The van der Waals surface area contributed by atoms with Crippen LogP contribution in [0.15, 0.2) is 24.3 Å². The number of amides is 1. The number of aromatic nitrogens is 2. The van der Waals surface area contributed by atoms with Gasteiger partial charge < -0.3 is 4.90 Å². The van der Waals surface area contributed by atoms with E-state index in [2.05, 4.69) is 10.00 Å². The van der Waals surface area contributed by atoms with Crippen molar-refractivity contribution in [3.8, 4) is 0 Å². The lowest BCUT2D eigenvalue weighted by Crippen LogP contribution is -2.37. The molecule has 150 valence electrons. The van der Waals surface area contributed by atoms with Crippen molar-refractivity contribution < 1.29 is 14.1 Å². The minimum Gasteiger partial charge on any atom is -0.340 e. The summed E-state index contributed by atoms with van der Waals surface area (Å²) in [5.74, 6) is -0.334. The number of halogens is 1. The van der Waals surface area contributed by atoms with Crippen LogP contribution < -0.4 is 0 Å². The van der Waals surface area contributed by atoms with Crippen molar-refractivity contribution in [2.45, 2.75) is 33.4 Å². The van der Waals surface area contributed by atoms with Crippen LogP contribution in [-0.4, -0.2) is 56.6 Å². The molecule has 0 saturated carbocycles. The largest absolute Gasteiger partial charge is 0.340 e. The van der Waals surface area contributed by atoms with Crippen molar-refractivity contribution in [3.63, 3.8) is 0 Å². The van der Waals surface area contributed by atoms with E-state index in [9.17, 15) is 19.3 Å². The minimum absolute atomic E-state index is 0.0200. The van der Waals surface area contributed by atoms with Crippen molar-refractivity contribution in [3.05, 3.63) is 57.1 Å². The first-order chi connectivity index (χ1) is 13.4. The lowest BCUT2D eigenvalue weighted by Gasteiger charge is -2.22. The van der Waals surface area contributed by atoms with Gasteiger partial charge in [-0.3, -0.25) is 24.5 Å². The van der Waals surface area contributed by atoms with Crippen LogP contribution in [0.3, 0.4) is 0 Å². The summed E-state index contributed by atoms with van der Waals surface area (Å²) in [6.45, 7) is 6.23. The molecule has 9 heteroatoms. The van der Waals surface area contributed by atoms with Crippen LogP contribution in [0.2, 0.25) is 0 Å². The molecular formula is C19H24FN5O3. The molecule has 0 aliphatic carbocycles. The minimum atomic E-state index is -0.467. The molecule has 0 atom stereocenters. The molecule has 1 aliphatic rings. The Hall–Kier alpha value is -2.81. The second kappa shape index (κ2) is 8.47. The Morgan fingerprint density at radius 3 is 2.64 bits per heavy atom. The molecule has 8 nitrogen and oxygen atoms in total. The Kier molecular flexibility index (Phi) is 6.03. The summed E-state index contributed by atoms with van der Waals surface area (Å²) in [5.41, 5.74) is 1.30. The highest BCUT2D eigenvalue weighted by atomic mass is 19.1. The van der Waals surface area contributed by atoms with E-state index in [4.69, 9.17) is 0 Å². The molecular weight excluding hydrogens is 365 g/mol. The SMILES string of the molecule is Cc1nn(CC(=O)N2CCCN(Cc3ccccc3F)CC2)c(C)c1[N+](=O)[O-]. The Balaban J connectivity index is 1.61. The molecule has 28 heavy (non-hydrogen) atoms. The molecule has 0 bridgehead atoms. The van der Waals surface area contributed by atoms with Crippen molar-refractivity contribution in [2.24, 2.45) is 0 Å². The maximum atomic E-state index is 13.9. The van der Waals surface area contributed by atoms with Gasteiger partial charge in [-0.05, 0) is 26.3 Å². The molecule has 0 radical (unpaired) electrons. The number of benzene rings is 1. The summed E-state index contributed by atoms with van der Waals surface area (Å²) < 4.78 is 15.3. The van der Waals surface area contributed by atoms with Crippen LogP contribution in [0, 0.1) is 29.8 Å². The third-order valence-electron chi connectivity index (χ3n) is 5.10. The molecule has 1 aliphatic heterocycles. The van der Waals surface area contributed by atoms with Gasteiger partial charge in [0.05, 0.1) is 4.92 Å². The first-order valence-electron chi connectivity index (χ1n) is 9.28. The number of rotatable bonds is 5. The van der Waals surface area contributed by atoms with Gasteiger partial charge in [0.15, 0.2) is 0 Å². The number of nitrogens with zero attached hydrogens (tertiary/aromatic N) is 5. The maximum absolute atomic E-state index is 13.9. The zero-order valence-corrected chi connectivity index (χ0v) is 16.1. The van der Waals surface area contributed by atoms with Crippen molar-refractivity contribution in [1.82, 2.24) is 19.6 Å². The van der Waals surface area contributed by atoms with E-state index in [-0.39, 0.29) is 24.0 Å². The summed E-state index contributed by atoms with van der Waals surface area (Å²) in [4.78, 5) is 27.2. The molecule has 2 heterocycles. The lowest BCUT2D eigenvalue weighted by atomic mass is 10.2. The van der Waals surface area contributed by atoms with Crippen LogP contribution in [-0.2, 0) is 17.9 Å². The first-order valence-corrected chi connectivity index (χ1v) is 9.28. The fraction of sp³-hybridized carbons (Fsp3) is 0.474. The summed E-state index contributed by atoms with van der Waals surface area (Å²) in [5, 5.41) is 15.3. The van der Waals surface area contributed by atoms with E-state index in [0.717, 1.165) is 13.0 Å². The van der Waals surface area contributed by atoms with E-state index < -0.39 is 4.92 Å². The highest BCUT2D eigenvalue weighted by Crippen LogP contribution is 2.22.